The maximum Gasteiger partial charge on any atom is 0.110 e. The summed E-state index contributed by atoms with van der Waals surface area (Å²) >= 11 is 0. The maximum atomic E-state index is 4.37. The molecule has 8 aromatic rings. The van der Waals surface area contributed by atoms with E-state index in [0.717, 1.165) is 89.6 Å². The van der Waals surface area contributed by atoms with E-state index in [2.05, 4.69) is 313 Å². The van der Waals surface area contributed by atoms with E-state index in [1.807, 2.05) is 0 Å². The molecule has 8 aromatic carbocycles. The largest absolute Gasteiger partial charge is 0.368 e. The summed E-state index contributed by atoms with van der Waals surface area (Å²) in [6.45, 7) is 0. The van der Waals surface area contributed by atoms with Crippen LogP contribution in [0.25, 0.3) is 22.3 Å². The molecule has 5 aliphatic heterocycles. The molecule has 5 heterocycles. The first-order valence-corrected chi connectivity index (χ1v) is 24.9. The number of rotatable bonds is 8. The second-order valence-corrected chi connectivity index (χ2v) is 19.1. The Morgan fingerprint density at radius 1 is 0.194 bits per heavy atom. The van der Waals surface area contributed by atoms with Gasteiger partial charge in [-0.2, -0.15) is 0 Å². The maximum absolute atomic E-state index is 4.37. The van der Waals surface area contributed by atoms with Crippen LogP contribution in [-0.4, -0.2) is 0 Å². The van der Waals surface area contributed by atoms with Crippen LogP contribution in [0, 0.1) is 0 Å². The lowest BCUT2D eigenvalue weighted by molar-refractivity contribution is 0.569. The van der Waals surface area contributed by atoms with Gasteiger partial charge in [-0.15, -0.1) is 0 Å². The highest BCUT2D eigenvalue weighted by molar-refractivity contribution is 5.93. The molecule has 13 rings (SSSR count). The Bertz CT molecular complexity index is 3090. The topological polar surface area (TPSA) is 48.1 Å². The Balaban J connectivity index is 1.21. The van der Waals surface area contributed by atoms with Crippen molar-refractivity contribution in [1.82, 2.24) is 21.3 Å². The van der Waals surface area contributed by atoms with Crippen molar-refractivity contribution >= 4 is 22.3 Å². The van der Waals surface area contributed by atoms with Crippen LogP contribution < -0.4 is 21.3 Å². The van der Waals surface area contributed by atoms with Gasteiger partial charge in [-0.1, -0.05) is 243 Å². The number of nitrogens with one attached hydrogen (secondary N) is 4. The molecule has 0 spiro atoms. The summed E-state index contributed by atoms with van der Waals surface area (Å²) < 4.78 is 0. The number of fused-ring (bicyclic) bond motifs is 8. The van der Waals surface area contributed by atoms with Crippen LogP contribution in [0.2, 0.25) is 0 Å². The zero-order valence-corrected chi connectivity index (χ0v) is 39.7. The molecule has 5 aliphatic rings. The van der Waals surface area contributed by atoms with Gasteiger partial charge in [-0.3, -0.25) is 0 Å². The Morgan fingerprint density at radius 3 is 0.542 bits per heavy atom. The van der Waals surface area contributed by atoms with Crippen molar-refractivity contribution in [2.45, 2.75) is 22.2 Å². The van der Waals surface area contributed by atoms with Gasteiger partial charge in [0.15, 0.2) is 0 Å². The first-order chi connectivity index (χ1) is 35.6. The standard InChI is InChI=1S/C68H52N4/c1-9-25-49(26-10-1)61-57-41-46-66(69-57,54-35-19-6-20-36-54)63(51-29-13-3-14-30-51)59-43-48-68(71-59,56-39-23-8-24-40-56)64(52-31-15-4-16-32-52)60-44-47-67(72-60,55-37-21-7-22-38-55)62(50-27-11-2-12-28-50)58-42-45-65(61,70-58)53-33-17-5-18-34-53/h1-48,69-72H/b61-57-,62-58-,63-59-,64-60?. The van der Waals surface area contributed by atoms with Gasteiger partial charge in [0.2, 0.25) is 0 Å². The van der Waals surface area contributed by atoms with Crippen LogP contribution in [0.5, 0.6) is 0 Å². The van der Waals surface area contributed by atoms with Crippen molar-refractivity contribution in [3.8, 4) is 0 Å². The van der Waals surface area contributed by atoms with Gasteiger partial charge < -0.3 is 21.3 Å². The van der Waals surface area contributed by atoms with Gasteiger partial charge in [-0.05, 0) is 93.1 Å². The first kappa shape index (κ1) is 42.9. The van der Waals surface area contributed by atoms with Gasteiger partial charge in [0.05, 0.1) is 0 Å². The van der Waals surface area contributed by atoms with Crippen LogP contribution >= 0.6 is 0 Å². The van der Waals surface area contributed by atoms with E-state index < -0.39 is 22.2 Å². The lowest BCUT2D eigenvalue weighted by atomic mass is 9.77. The second-order valence-electron chi connectivity index (χ2n) is 19.1. The SMILES string of the molecule is C1=CC2(c3ccccc3)NC1=C(c1ccccc1)C1(c3ccccc3)C=C/C(=C(\c3ccccc3)C3(c4ccccc4)C=C/C(=C(\c4ccccc4)C4(c5ccccc5)C=C/C(=C/2c2ccccc2)N4)N3)N1. The predicted octanol–water partition coefficient (Wildman–Crippen LogP) is 13.9. The van der Waals surface area contributed by atoms with Gasteiger partial charge in [-0.25, -0.2) is 0 Å². The summed E-state index contributed by atoms with van der Waals surface area (Å²) in [5, 5.41) is 17.5. The number of hydrogen-bond acceptors (Lipinski definition) is 4. The van der Waals surface area contributed by atoms with E-state index in [4.69, 9.17) is 0 Å². The van der Waals surface area contributed by atoms with Gasteiger partial charge in [0.1, 0.15) is 22.2 Å². The molecule has 4 atom stereocenters. The number of hydrogen-bond donors (Lipinski definition) is 4. The molecule has 0 aliphatic carbocycles. The average molecular weight is 925 g/mol. The molecular weight excluding hydrogens is 873 g/mol. The summed E-state index contributed by atoms with van der Waals surface area (Å²) in [6.07, 6.45) is 18.9. The fourth-order valence-corrected chi connectivity index (χ4v) is 12.0. The fraction of sp³-hybridized carbons (Fsp3) is 0.0588. The van der Waals surface area contributed by atoms with E-state index >= 15 is 0 Å². The van der Waals surface area contributed by atoms with E-state index in [-0.39, 0.29) is 0 Å². The Kier molecular flexibility index (Phi) is 10.4. The predicted molar refractivity (Wildman–Crippen MR) is 295 cm³/mol. The van der Waals surface area contributed by atoms with E-state index in [1.165, 1.54) is 0 Å². The monoisotopic (exact) mass is 924 g/mol. The van der Waals surface area contributed by atoms with Crippen molar-refractivity contribution in [3.63, 3.8) is 0 Å². The van der Waals surface area contributed by atoms with Crippen molar-refractivity contribution in [1.29, 1.82) is 0 Å². The Morgan fingerprint density at radius 2 is 0.361 bits per heavy atom. The normalized spacial score (nSPS) is 26.8. The summed E-state index contributed by atoms with van der Waals surface area (Å²) in [4.78, 5) is 0. The highest BCUT2D eigenvalue weighted by Crippen LogP contribution is 2.54. The third-order valence-electron chi connectivity index (χ3n) is 15.1. The van der Waals surface area contributed by atoms with Crippen LogP contribution in [0.1, 0.15) is 44.5 Å². The van der Waals surface area contributed by atoms with Crippen LogP contribution in [0.15, 0.2) is 314 Å². The summed E-state index contributed by atoms with van der Waals surface area (Å²) in [7, 11) is 0. The molecule has 0 saturated carbocycles. The van der Waals surface area contributed by atoms with Crippen LogP contribution in [0.4, 0.5) is 0 Å². The van der Waals surface area contributed by atoms with Gasteiger partial charge >= 0.3 is 0 Å². The minimum Gasteiger partial charge on any atom is -0.368 e. The summed E-state index contributed by atoms with van der Waals surface area (Å²) in [5.41, 5.74) is 13.9. The average Bonchev–Trinajstić information content (AvgIpc) is 4.29. The van der Waals surface area contributed by atoms with Crippen LogP contribution in [0.3, 0.4) is 0 Å². The molecule has 72 heavy (non-hydrogen) atoms. The van der Waals surface area contributed by atoms with E-state index in [9.17, 15) is 0 Å². The molecule has 8 bridgehead atoms. The summed E-state index contributed by atoms with van der Waals surface area (Å²) in [6, 6.07) is 87.4. The molecule has 344 valence electrons. The van der Waals surface area contributed by atoms with Crippen molar-refractivity contribution < 1.29 is 0 Å². The van der Waals surface area contributed by atoms with Gasteiger partial charge in [0, 0.05) is 45.1 Å². The number of allylic oxidation sites excluding steroid dienone is 4. The molecule has 4 nitrogen and oxygen atoms in total. The highest BCUT2D eigenvalue weighted by atomic mass is 15.1. The van der Waals surface area contributed by atoms with Crippen molar-refractivity contribution in [3.05, 3.63) is 359 Å². The summed E-state index contributed by atoms with van der Waals surface area (Å²) in [5.74, 6) is 0. The lowest BCUT2D eigenvalue weighted by Crippen LogP contribution is -2.46. The molecule has 0 radical (unpaired) electrons. The smallest absolute Gasteiger partial charge is 0.110 e. The van der Waals surface area contributed by atoms with Gasteiger partial charge in [0.25, 0.3) is 0 Å². The quantitative estimate of drug-likeness (QED) is 0.123. The van der Waals surface area contributed by atoms with E-state index in [1.54, 1.807) is 0 Å². The molecule has 0 saturated heterocycles. The molecule has 4 unspecified atom stereocenters. The third kappa shape index (κ3) is 6.82. The first-order valence-electron chi connectivity index (χ1n) is 24.9. The Labute approximate surface area is 422 Å². The van der Waals surface area contributed by atoms with Crippen LogP contribution in [-0.2, 0) is 22.2 Å². The minimum absolute atomic E-state index is 0.851. The second kappa shape index (κ2) is 17.4. The molecule has 4 N–H and O–H groups in total. The van der Waals surface area contributed by atoms with Crippen molar-refractivity contribution in [2.24, 2.45) is 0 Å². The lowest BCUT2D eigenvalue weighted by Gasteiger charge is -2.41. The zero-order chi connectivity index (χ0) is 48.0. The zero-order valence-electron chi connectivity index (χ0n) is 39.7. The molecule has 0 aromatic heterocycles. The molecule has 0 fully saturated rings. The highest BCUT2D eigenvalue weighted by Gasteiger charge is 2.51. The Hall–Kier alpha value is -9.12. The minimum atomic E-state index is -0.851. The fourth-order valence-electron chi connectivity index (χ4n) is 12.0. The molecular formula is C68H52N4. The van der Waals surface area contributed by atoms with Crippen molar-refractivity contribution in [2.75, 3.05) is 0 Å². The number of benzene rings is 8. The third-order valence-corrected chi connectivity index (χ3v) is 15.1. The molecule has 0 amide bonds. The molecule has 4 heteroatoms. The van der Waals surface area contributed by atoms with E-state index in [0.29, 0.717) is 0 Å².